The van der Waals surface area contributed by atoms with Crippen LogP contribution in [0.3, 0.4) is 0 Å². The van der Waals surface area contributed by atoms with Crippen molar-refractivity contribution in [3.05, 3.63) is 46.3 Å². The normalized spacial score (nSPS) is 18.4. The third-order valence-electron chi connectivity index (χ3n) is 4.42. The maximum absolute atomic E-state index is 12.9. The Balaban J connectivity index is 1.82. The van der Waals surface area contributed by atoms with Gasteiger partial charge in [-0.25, -0.2) is 8.42 Å². The minimum Gasteiger partial charge on any atom is -0.324 e. The molecule has 1 aliphatic heterocycles. The van der Waals surface area contributed by atoms with Crippen LogP contribution in [0.25, 0.3) is 0 Å². The molecule has 2 aromatic rings. The number of anilines is 1. The zero-order chi connectivity index (χ0) is 18.2. The number of benzene rings is 1. The Morgan fingerprint density at radius 2 is 1.96 bits per heavy atom. The predicted octanol–water partition coefficient (Wildman–Crippen LogP) is 3.47. The van der Waals surface area contributed by atoms with Gasteiger partial charge in [0.05, 0.1) is 0 Å². The maximum Gasteiger partial charge on any atom is 0.253 e. The molecule has 25 heavy (non-hydrogen) atoms. The molecule has 3 rings (SSSR count). The van der Waals surface area contributed by atoms with Gasteiger partial charge >= 0.3 is 0 Å². The number of nitrogens with zero attached hydrogens (tertiary/aromatic N) is 1. The van der Waals surface area contributed by atoms with Gasteiger partial charge < -0.3 is 5.32 Å². The SMILES string of the molecule is Cc1ccc(NC(=O)[C@@H]2CCCN2S(=O)(=O)c2ccc(C)s2)c(C)c1. The molecule has 1 saturated heterocycles. The second-order valence-electron chi connectivity index (χ2n) is 6.45. The lowest BCUT2D eigenvalue weighted by molar-refractivity contribution is -0.119. The summed E-state index contributed by atoms with van der Waals surface area (Å²) in [5.41, 5.74) is 2.81. The van der Waals surface area contributed by atoms with Crippen LogP contribution in [0, 0.1) is 20.8 Å². The maximum atomic E-state index is 12.9. The van der Waals surface area contributed by atoms with Crippen molar-refractivity contribution in [2.45, 2.75) is 43.9 Å². The van der Waals surface area contributed by atoms with Crippen molar-refractivity contribution < 1.29 is 13.2 Å². The molecular weight excluding hydrogens is 356 g/mol. The van der Waals surface area contributed by atoms with Gasteiger partial charge in [-0.3, -0.25) is 4.79 Å². The van der Waals surface area contributed by atoms with E-state index < -0.39 is 16.1 Å². The van der Waals surface area contributed by atoms with Crippen LogP contribution < -0.4 is 5.32 Å². The number of hydrogen-bond acceptors (Lipinski definition) is 4. The summed E-state index contributed by atoms with van der Waals surface area (Å²) in [6.07, 6.45) is 1.23. The van der Waals surface area contributed by atoms with Crippen molar-refractivity contribution in [3.63, 3.8) is 0 Å². The van der Waals surface area contributed by atoms with E-state index >= 15 is 0 Å². The molecule has 5 nitrogen and oxygen atoms in total. The predicted molar refractivity (Wildman–Crippen MR) is 101 cm³/mol. The summed E-state index contributed by atoms with van der Waals surface area (Å²) < 4.78 is 27.4. The first kappa shape index (κ1) is 18.1. The molecule has 1 aromatic heterocycles. The second-order valence-corrected chi connectivity index (χ2v) is 9.85. The van der Waals surface area contributed by atoms with E-state index in [0.717, 1.165) is 21.7 Å². The second kappa shape index (κ2) is 6.90. The number of nitrogens with one attached hydrogen (secondary N) is 1. The first-order valence-corrected chi connectivity index (χ1v) is 10.5. The first-order valence-electron chi connectivity index (χ1n) is 8.25. The zero-order valence-electron chi connectivity index (χ0n) is 14.6. The monoisotopic (exact) mass is 378 g/mol. The van der Waals surface area contributed by atoms with Crippen LogP contribution in [0.5, 0.6) is 0 Å². The average Bonchev–Trinajstić information content (AvgIpc) is 3.19. The van der Waals surface area contributed by atoms with E-state index in [2.05, 4.69) is 5.32 Å². The van der Waals surface area contributed by atoms with Crippen LogP contribution in [-0.4, -0.2) is 31.2 Å². The highest BCUT2D eigenvalue weighted by Crippen LogP contribution is 2.31. The minimum atomic E-state index is -3.63. The Labute approximate surface area is 152 Å². The van der Waals surface area contributed by atoms with E-state index in [4.69, 9.17) is 0 Å². The summed E-state index contributed by atoms with van der Waals surface area (Å²) in [5.74, 6) is -0.263. The Morgan fingerprint density at radius 3 is 2.60 bits per heavy atom. The Hall–Kier alpha value is -1.70. The third kappa shape index (κ3) is 3.63. The van der Waals surface area contributed by atoms with Crippen molar-refractivity contribution >= 4 is 33.0 Å². The first-order chi connectivity index (χ1) is 11.8. The van der Waals surface area contributed by atoms with Crippen LogP contribution in [-0.2, 0) is 14.8 Å². The molecule has 1 fully saturated rings. The van der Waals surface area contributed by atoms with Crippen molar-refractivity contribution in [3.8, 4) is 0 Å². The summed E-state index contributed by atoms with van der Waals surface area (Å²) in [6.45, 7) is 6.18. The molecule has 0 radical (unpaired) electrons. The smallest absolute Gasteiger partial charge is 0.253 e. The van der Waals surface area contributed by atoms with Crippen LogP contribution in [0.2, 0.25) is 0 Å². The van der Waals surface area contributed by atoms with Gasteiger partial charge in [0.25, 0.3) is 10.0 Å². The van der Waals surface area contributed by atoms with Gasteiger partial charge in [0.1, 0.15) is 10.3 Å². The standard InChI is InChI=1S/C18H22N2O3S2/c1-12-6-8-15(13(2)11-12)19-18(21)16-5-4-10-20(16)25(22,23)17-9-7-14(3)24-17/h6-9,11,16H,4-5,10H2,1-3H3,(H,19,21)/t16-/m0/s1. The Morgan fingerprint density at radius 1 is 1.20 bits per heavy atom. The number of rotatable bonds is 4. The number of aryl methyl sites for hydroxylation is 3. The molecule has 1 aromatic carbocycles. The van der Waals surface area contributed by atoms with Gasteiger partial charge in [-0.15, -0.1) is 11.3 Å². The molecule has 0 aliphatic carbocycles. The van der Waals surface area contributed by atoms with E-state index in [1.807, 2.05) is 39.0 Å². The Kier molecular flexibility index (Phi) is 4.99. The van der Waals surface area contributed by atoms with Crippen molar-refractivity contribution in [2.24, 2.45) is 0 Å². The number of carbonyl (C=O) groups is 1. The highest BCUT2D eigenvalue weighted by molar-refractivity contribution is 7.91. The van der Waals surface area contributed by atoms with Crippen molar-refractivity contribution in [1.82, 2.24) is 4.31 Å². The summed E-state index contributed by atoms with van der Waals surface area (Å²) >= 11 is 1.24. The van der Waals surface area contributed by atoms with Crippen LogP contribution in [0.4, 0.5) is 5.69 Å². The molecular formula is C18H22N2O3S2. The summed E-state index contributed by atoms with van der Waals surface area (Å²) in [6, 6.07) is 8.53. The van der Waals surface area contributed by atoms with E-state index in [1.54, 1.807) is 12.1 Å². The molecule has 0 spiro atoms. The average molecular weight is 379 g/mol. The third-order valence-corrected chi connectivity index (χ3v) is 7.80. The lowest BCUT2D eigenvalue weighted by Gasteiger charge is -2.23. The number of thiophene rings is 1. The summed E-state index contributed by atoms with van der Waals surface area (Å²) in [7, 11) is -3.63. The minimum absolute atomic E-state index is 0.263. The van der Waals surface area contributed by atoms with Crippen LogP contribution >= 0.6 is 11.3 Å². The number of amides is 1. The van der Waals surface area contributed by atoms with Gasteiger partial charge in [0, 0.05) is 17.1 Å². The van der Waals surface area contributed by atoms with Gasteiger partial charge in [-0.2, -0.15) is 4.31 Å². The fourth-order valence-corrected chi connectivity index (χ4v) is 6.20. The van der Waals surface area contributed by atoms with Gasteiger partial charge in [-0.1, -0.05) is 17.7 Å². The molecule has 0 bridgehead atoms. The largest absolute Gasteiger partial charge is 0.324 e. The van der Waals surface area contributed by atoms with E-state index in [0.29, 0.717) is 23.6 Å². The highest BCUT2D eigenvalue weighted by atomic mass is 32.2. The van der Waals surface area contributed by atoms with Gasteiger partial charge in [-0.05, 0) is 57.4 Å². The quantitative estimate of drug-likeness (QED) is 0.886. The van der Waals surface area contributed by atoms with Gasteiger partial charge in [0.15, 0.2) is 0 Å². The fraction of sp³-hybridized carbons (Fsp3) is 0.389. The molecule has 1 atom stereocenters. The summed E-state index contributed by atoms with van der Waals surface area (Å²) in [4.78, 5) is 13.7. The molecule has 7 heteroatoms. The van der Waals surface area contributed by atoms with E-state index in [1.165, 1.54) is 15.6 Å². The van der Waals surface area contributed by atoms with Crippen molar-refractivity contribution in [1.29, 1.82) is 0 Å². The lowest BCUT2D eigenvalue weighted by Crippen LogP contribution is -2.42. The number of sulfonamides is 1. The highest BCUT2D eigenvalue weighted by Gasteiger charge is 2.40. The van der Waals surface area contributed by atoms with Gasteiger partial charge in [0.2, 0.25) is 5.91 Å². The lowest BCUT2D eigenvalue weighted by atomic mass is 10.1. The van der Waals surface area contributed by atoms with E-state index in [-0.39, 0.29) is 5.91 Å². The molecule has 2 heterocycles. The van der Waals surface area contributed by atoms with Crippen LogP contribution in [0.15, 0.2) is 34.5 Å². The molecule has 1 N–H and O–H groups in total. The molecule has 134 valence electrons. The van der Waals surface area contributed by atoms with Crippen LogP contribution in [0.1, 0.15) is 28.8 Å². The molecule has 1 amide bonds. The van der Waals surface area contributed by atoms with Crippen molar-refractivity contribution in [2.75, 3.05) is 11.9 Å². The molecule has 0 saturated carbocycles. The zero-order valence-corrected chi connectivity index (χ0v) is 16.2. The Bertz CT molecular complexity index is 903. The molecule has 1 aliphatic rings. The summed E-state index contributed by atoms with van der Waals surface area (Å²) in [5, 5.41) is 2.90. The topological polar surface area (TPSA) is 66.5 Å². The number of carbonyl (C=O) groups excluding carboxylic acids is 1. The molecule has 0 unspecified atom stereocenters. The number of hydrogen-bond donors (Lipinski definition) is 1. The fourth-order valence-electron chi connectivity index (χ4n) is 3.13. The van der Waals surface area contributed by atoms with E-state index in [9.17, 15) is 13.2 Å².